The number of nitro groups is 1. The van der Waals surface area contributed by atoms with Gasteiger partial charge in [-0.1, -0.05) is 18.2 Å². The monoisotopic (exact) mass is 396 g/mol. The van der Waals surface area contributed by atoms with E-state index < -0.39 is 16.9 Å². The molecule has 148 valence electrons. The van der Waals surface area contributed by atoms with Crippen molar-refractivity contribution in [2.24, 2.45) is 5.92 Å². The molecule has 0 spiro atoms. The molecular formula is C20H17FN4O4. The number of carbonyl (C=O) groups is 2. The second kappa shape index (κ2) is 6.43. The summed E-state index contributed by atoms with van der Waals surface area (Å²) < 4.78 is 13.4. The van der Waals surface area contributed by atoms with Gasteiger partial charge in [-0.15, -0.1) is 0 Å². The number of imide groups is 1. The van der Waals surface area contributed by atoms with Crippen LogP contribution >= 0.6 is 0 Å². The third kappa shape index (κ3) is 2.58. The van der Waals surface area contributed by atoms with Gasteiger partial charge in [0.05, 0.1) is 22.6 Å². The molecule has 29 heavy (non-hydrogen) atoms. The Morgan fingerprint density at radius 2 is 1.66 bits per heavy atom. The number of nitrogens with zero attached hydrogens (tertiary/aromatic N) is 4. The van der Waals surface area contributed by atoms with E-state index in [0.717, 1.165) is 16.9 Å². The first-order chi connectivity index (χ1) is 14.0. The van der Waals surface area contributed by atoms with Crippen molar-refractivity contribution in [1.82, 2.24) is 10.0 Å². The van der Waals surface area contributed by atoms with Gasteiger partial charge >= 0.3 is 0 Å². The van der Waals surface area contributed by atoms with E-state index in [1.807, 2.05) is 10.0 Å². The first kappa shape index (κ1) is 17.9. The van der Waals surface area contributed by atoms with E-state index in [1.165, 1.54) is 36.4 Å². The van der Waals surface area contributed by atoms with Crippen LogP contribution in [-0.2, 0) is 9.59 Å². The third-order valence-electron chi connectivity index (χ3n) is 5.92. The second-order valence-electron chi connectivity index (χ2n) is 7.44. The minimum atomic E-state index is -0.653. The normalized spacial score (nSPS) is 26.8. The zero-order chi connectivity index (χ0) is 20.3. The van der Waals surface area contributed by atoms with Crippen molar-refractivity contribution in [3.05, 3.63) is 70.0 Å². The number of amides is 2. The molecule has 3 heterocycles. The van der Waals surface area contributed by atoms with Crippen molar-refractivity contribution in [1.29, 1.82) is 0 Å². The molecule has 2 amide bonds. The van der Waals surface area contributed by atoms with Crippen LogP contribution in [0.5, 0.6) is 0 Å². The van der Waals surface area contributed by atoms with Crippen molar-refractivity contribution >= 4 is 23.2 Å². The SMILES string of the molecule is O=C1[C@@H]2[C@@H](C(=O)N1c1cccc([N+](=O)[O-])c1)N1CCCN1[C@@H]2c1ccc(F)cc1. The summed E-state index contributed by atoms with van der Waals surface area (Å²) in [5.74, 6) is -1.78. The molecule has 0 aromatic heterocycles. The van der Waals surface area contributed by atoms with Crippen molar-refractivity contribution in [3.63, 3.8) is 0 Å². The predicted octanol–water partition coefficient (Wildman–Crippen LogP) is 2.27. The lowest BCUT2D eigenvalue weighted by Gasteiger charge is -2.29. The maximum atomic E-state index is 13.4. The van der Waals surface area contributed by atoms with Crippen LogP contribution in [0.15, 0.2) is 48.5 Å². The molecule has 3 fully saturated rings. The number of rotatable bonds is 3. The van der Waals surface area contributed by atoms with E-state index in [9.17, 15) is 24.1 Å². The number of hydrogen-bond acceptors (Lipinski definition) is 6. The highest BCUT2D eigenvalue weighted by atomic mass is 19.1. The Bertz CT molecular complexity index is 1030. The quantitative estimate of drug-likeness (QED) is 0.449. The molecule has 8 nitrogen and oxygen atoms in total. The molecule has 3 atom stereocenters. The van der Waals surface area contributed by atoms with E-state index in [0.29, 0.717) is 13.1 Å². The van der Waals surface area contributed by atoms with Gasteiger partial charge in [0.25, 0.3) is 11.6 Å². The highest BCUT2D eigenvalue weighted by Crippen LogP contribution is 2.49. The van der Waals surface area contributed by atoms with Gasteiger partial charge in [-0.25, -0.2) is 19.3 Å². The molecule has 2 aromatic rings. The number of anilines is 1. The van der Waals surface area contributed by atoms with Crippen LogP contribution < -0.4 is 4.90 Å². The van der Waals surface area contributed by atoms with Gasteiger partial charge in [0.15, 0.2) is 0 Å². The summed E-state index contributed by atoms with van der Waals surface area (Å²) in [6, 6.07) is 10.5. The predicted molar refractivity (Wildman–Crippen MR) is 100 cm³/mol. The molecule has 9 heteroatoms. The lowest BCUT2D eigenvalue weighted by molar-refractivity contribution is -0.384. The summed E-state index contributed by atoms with van der Waals surface area (Å²) in [6.07, 6.45) is 0.860. The molecule has 0 unspecified atom stereocenters. The fourth-order valence-electron chi connectivity index (χ4n) is 4.77. The number of carbonyl (C=O) groups excluding carboxylic acids is 2. The van der Waals surface area contributed by atoms with E-state index in [2.05, 4.69) is 0 Å². The van der Waals surface area contributed by atoms with Gasteiger partial charge in [0, 0.05) is 25.2 Å². The Balaban J connectivity index is 1.57. The number of halogens is 1. The van der Waals surface area contributed by atoms with E-state index in [1.54, 1.807) is 12.1 Å². The molecule has 3 aliphatic heterocycles. The van der Waals surface area contributed by atoms with Crippen molar-refractivity contribution < 1.29 is 18.9 Å². The third-order valence-corrected chi connectivity index (χ3v) is 5.92. The summed E-state index contributed by atoms with van der Waals surface area (Å²) in [6.45, 7) is 1.37. The summed E-state index contributed by atoms with van der Waals surface area (Å²) in [4.78, 5) is 38.2. The number of benzene rings is 2. The maximum absolute atomic E-state index is 13.4. The fraction of sp³-hybridized carbons (Fsp3) is 0.300. The summed E-state index contributed by atoms with van der Waals surface area (Å²) >= 11 is 0. The summed E-state index contributed by atoms with van der Waals surface area (Å²) in [7, 11) is 0. The van der Waals surface area contributed by atoms with E-state index in [-0.39, 0.29) is 35.0 Å². The Morgan fingerprint density at radius 1 is 0.966 bits per heavy atom. The number of hydrazine groups is 1. The second-order valence-corrected chi connectivity index (χ2v) is 7.44. The minimum absolute atomic E-state index is 0.182. The molecule has 2 aromatic carbocycles. The largest absolute Gasteiger partial charge is 0.274 e. The topological polar surface area (TPSA) is 87.0 Å². The fourth-order valence-corrected chi connectivity index (χ4v) is 4.77. The van der Waals surface area contributed by atoms with Crippen LogP contribution in [0.1, 0.15) is 18.0 Å². The molecule has 3 aliphatic rings. The zero-order valence-electron chi connectivity index (χ0n) is 15.3. The summed E-state index contributed by atoms with van der Waals surface area (Å²) in [5.41, 5.74) is 0.790. The standard InChI is InChI=1S/C20H17FN4O4/c21-13-7-5-12(6-8-13)17-16-18(23-10-2-9-22(17)23)20(27)24(19(16)26)14-3-1-4-15(11-14)25(28)29/h1,3-8,11,16-18H,2,9-10H2/t16-,17+,18-/m0/s1. The molecular weight excluding hydrogens is 379 g/mol. The van der Waals surface area contributed by atoms with Crippen LogP contribution in [0.2, 0.25) is 0 Å². The molecule has 0 radical (unpaired) electrons. The van der Waals surface area contributed by atoms with Gasteiger partial charge in [-0.2, -0.15) is 0 Å². The average molecular weight is 396 g/mol. The van der Waals surface area contributed by atoms with Gasteiger partial charge < -0.3 is 0 Å². The van der Waals surface area contributed by atoms with Crippen LogP contribution in [0.4, 0.5) is 15.8 Å². The molecule has 0 N–H and O–H groups in total. The zero-order valence-corrected chi connectivity index (χ0v) is 15.3. The Hall–Kier alpha value is -3.17. The number of hydrogen-bond donors (Lipinski definition) is 0. The van der Waals surface area contributed by atoms with Crippen LogP contribution in [-0.4, -0.2) is 45.9 Å². The Labute approximate surface area is 165 Å². The van der Waals surface area contributed by atoms with Crippen molar-refractivity contribution in [2.75, 3.05) is 18.0 Å². The molecule has 0 bridgehead atoms. The van der Waals surface area contributed by atoms with E-state index >= 15 is 0 Å². The molecule has 5 rings (SSSR count). The minimum Gasteiger partial charge on any atom is -0.274 e. The van der Waals surface area contributed by atoms with Gasteiger partial charge in [-0.05, 0) is 30.2 Å². The van der Waals surface area contributed by atoms with Crippen LogP contribution in [0, 0.1) is 21.8 Å². The van der Waals surface area contributed by atoms with Crippen LogP contribution in [0.3, 0.4) is 0 Å². The van der Waals surface area contributed by atoms with Crippen molar-refractivity contribution in [3.8, 4) is 0 Å². The first-order valence-corrected chi connectivity index (χ1v) is 9.38. The highest BCUT2D eigenvalue weighted by molar-refractivity contribution is 6.24. The highest BCUT2D eigenvalue weighted by Gasteiger charge is 2.62. The molecule has 0 saturated carbocycles. The van der Waals surface area contributed by atoms with Gasteiger partial charge in [0.2, 0.25) is 5.91 Å². The van der Waals surface area contributed by atoms with Gasteiger partial charge in [0.1, 0.15) is 11.9 Å². The lowest BCUT2D eigenvalue weighted by atomic mass is 9.90. The lowest BCUT2D eigenvalue weighted by Crippen LogP contribution is -2.44. The van der Waals surface area contributed by atoms with Crippen LogP contribution in [0.25, 0.3) is 0 Å². The number of nitro benzene ring substituents is 1. The Morgan fingerprint density at radius 3 is 2.34 bits per heavy atom. The number of non-ortho nitro benzene ring substituents is 1. The summed E-state index contributed by atoms with van der Waals surface area (Å²) in [5, 5.41) is 15.1. The first-order valence-electron chi connectivity index (χ1n) is 9.38. The van der Waals surface area contributed by atoms with E-state index in [4.69, 9.17) is 0 Å². The van der Waals surface area contributed by atoms with Crippen molar-refractivity contribution in [2.45, 2.75) is 18.5 Å². The molecule has 0 aliphatic carbocycles. The number of fused-ring (bicyclic) bond motifs is 3. The Kier molecular flexibility index (Phi) is 3.97. The van der Waals surface area contributed by atoms with Gasteiger partial charge in [-0.3, -0.25) is 19.7 Å². The molecule has 3 saturated heterocycles. The maximum Gasteiger partial charge on any atom is 0.271 e. The average Bonchev–Trinajstić information content (AvgIpc) is 3.35. The smallest absolute Gasteiger partial charge is 0.271 e.